The molecule has 1 amide bonds. The predicted molar refractivity (Wildman–Crippen MR) is 77.8 cm³/mol. The molecule has 2 fully saturated rings. The minimum atomic E-state index is -0.591. The third-order valence-electron chi connectivity index (χ3n) is 4.67. The van der Waals surface area contributed by atoms with Crippen LogP contribution in [0.4, 0.5) is 0 Å². The van der Waals surface area contributed by atoms with Gasteiger partial charge in [-0.3, -0.25) is 4.79 Å². The van der Waals surface area contributed by atoms with Gasteiger partial charge in [0.2, 0.25) is 5.91 Å². The van der Waals surface area contributed by atoms with E-state index in [1.807, 2.05) is 0 Å². The van der Waals surface area contributed by atoms with Crippen molar-refractivity contribution in [2.75, 3.05) is 27.2 Å². The largest absolute Gasteiger partial charge is 0.337 e. The van der Waals surface area contributed by atoms with Gasteiger partial charge in [0, 0.05) is 19.1 Å². The zero-order valence-electron chi connectivity index (χ0n) is 12.7. The van der Waals surface area contributed by atoms with Gasteiger partial charge in [0.1, 0.15) is 0 Å². The molecule has 1 saturated heterocycles. The summed E-state index contributed by atoms with van der Waals surface area (Å²) in [6, 6.07) is 0.361. The first-order chi connectivity index (χ1) is 8.92. The molecule has 0 radical (unpaired) electrons. The summed E-state index contributed by atoms with van der Waals surface area (Å²) in [6.45, 7) is 4.07. The van der Waals surface area contributed by atoms with Crippen LogP contribution in [-0.2, 0) is 4.79 Å². The van der Waals surface area contributed by atoms with Gasteiger partial charge >= 0.3 is 0 Å². The molecule has 19 heavy (non-hydrogen) atoms. The first-order valence-corrected chi connectivity index (χ1v) is 7.67. The van der Waals surface area contributed by atoms with Crippen molar-refractivity contribution in [1.29, 1.82) is 0 Å². The summed E-state index contributed by atoms with van der Waals surface area (Å²) in [7, 11) is 4.14. The van der Waals surface area contributed by atoms with Crippen molar-refractivity contribution in [2.45, 2.75) is 57.0 Å². The molecule has 3 atom stereocenters. The van der Waals surface area contributed by atoms with E-state index in [4.69, 9.17) is 5.73 Å². The Morgan fingerprint density at radius 2 is 2.11 bits per heavy atom. The molecular formula is C15H29N3O. The van der Waals surface area contributed by atoms with E-state index in [9.17, 15) is 4.79 Å². The van der Waals surface area contributed by atoms with Gasteiger partial charge in [-0.25, -0.2) is 0 Å². The molecule has 1 saturated carbocycles. The lowest BCUT2D eigenvalue weighted by Crippen LogP contribution is -2.59. The fourth-order valence-electron chi connectivity index (χ4n) is 3.79. The van der Waals surface area contributed by atoms with Crippen molar-refractivity contribution in [3.05, 3.63) is 0 Å². The van der Waals surface area contributed by atoms with Gasteiger partial charge in [0.25, 0.3) is 0 Å². The Kier molecular flexibility index (Phi) is 4.51. The van der Waals surface area contributed by atoms with E-state index in [1.165, 1.54) is 6.42 Å². The van der Waals surface area contributed by atoms with Crippen molar-refractivity contribution < 1.29 is 4.79 Å². The van der Waals surface area contributed by atoms with E-state index in [1.54, 1.807) is 0 Å². The van der Waals surface area contributed by atoms with E-state index in [2.05, 4.69) is 30.8 Å². The van der Waals surface area contributed by atoms with Crippen LogP contribution < -0.4 is 5.73 Å². The summed E-state index contributed by atoms with van der Waals surface area (Å²) in [5, 5.41) is 0. The number of likely N-dealkylation sites (tertiary alicyclic amines) is 1. The Balaban J connectivity index is 2.05. The summed E-state index contributed by atoms with van der Waals surface area (Å²) in [5.74, 6) is 0.793. The predicted octanol–water partition coefficient (Wildman–Crippen LogP) is 1.45. The van der Waals surface area contributed by atoms with Crippen molar-refractivity contribution in [2.24, 2.45) is 11.7 Å². The lowest BCUT2D eigenvalue weighted by atomic mass is 9.76. The van der Waals surface area contributed by atoms with Crippen LogP contribution in [0.2, 0.25) is 0 Å². The fourth-order valence-corrected chi connectivity index (χ4v) is 3.79. The molecule has 4 nitrogen and oxygen atoms in total. The molecule has 3 unspecified atom stereocenters. The first kappa shape index (κ1) is 14.8. The number of amides is 1. The monoisotopic (exact) mass is 267 g/mol. The Morgan fingerprint density at radius 1 is 1.37 bits per heavy atom. The lowest BCUT2D eigenvalue weighted by Gasteiger charge is -2.40. The molecule has 2 rings (SSSR count). The van der Waals surface area contributed by atoms with Gasteiger partial charge in [0.05, 0.1) is 5.54 Å². The smallest absolute Gasteiger partial charge is 0.242 e. The Bertz CT molecular complexity index is 331. The maximum absolute atomic E-state index is 12.8. The molecule has 110 valence electrons. The highest BCUT2D eigenvalue weighted by Crippen LogP contribution is 2.33. The zero-order valence-corrected chi connectivity index (χ0v) is 12.7. The van der Waals surface area contributed by atoms with Crippen LogP contribution in [0.15, 0.2) is 0 Å². The number of likely N-dealkylation sites (N-methyl/N-ethyl adjacent to an activating group) is 1. The van der Waals surface area contributed by atoms with Gasteiger partial charge < -0.3 is 15.5 Å². The highest BCUT2D eigenvalue weighted by molar-refractivity contribution is 5.86. The Hall–Kier alpha value is -0.610. The molecule has 0 aromatic carbocycles. The number of nitrogens with two attached hydrogens (primary N) is 1. The van der Waals surface area contributed by atoms with E-state index < -0.39 is 5.54 Å². The number of hydrogen-bond acceptors (Lipinski definition) is 3. The molecule has 1 heterocycles. The highest BCUT2D eigenvalue weighted by Gasteiger charge is 2.43. The Morgan fingerprint density at radius 3 is 2.74 bits per heavy atom. The summed E-state index contributed by atoms with van der Waals surface area (Å²) in [4.78, 5) is 17.1. The van der Waals surface area contributed by atoms with Crippen LogP contribution in [0.5, 0.6) is 0 Å². The van der Waals surface area contributed by atoms with Gasteiger partial charge in [-0.15, -0.1) is 0 Å². The van der Waals surface area contributed by atoms with E-state index >= 15 is 0 Å². The van der Waals surface area contributed by atoms with Gasteiger partial charge in [-0.05, 0) is 45.7 Å². The quantitative estimate of drug-likeness (QED) is 0.842. The van der Waals surface area contributed by atoms with E-state index in [0.29, 0.717) is 12.0 Å². The molecular weight excluding hydrogens is 238 g/mol. The SMILES string of the molecule is CC1CCCC(N)(C(=O)N2CCCC2CN(C)C)C1. The molecule has 0 aromatic heterocycles. The maximum atomic E-state index is 12.8. The summed E-state index contributed by atoms with van der Waals surface area (Å²) in [5.41, 5.74) is 5.87. The highest BCUT2D eigenvalue weighted by atomic mass is 16.2. The van der Waals surface area contributed by atoms with Crippen molar-refractivity contribution in [1.82, 2.24) is 9.80 Å². The average molecular weight is 267 g/mol. The summed E-state index contributed by atoms with van der Waals surface area (Å²) in [6.07, 6.45) is 6.27. The second-order valence-corrected chi connectivity index (χ2v) is 6.91. The van der Waals surface area contributed by atoms with Crippen molar-refractivity contribution in [3.63, 3.8) is 0 Å². The summed E-state index contributed by atoms with van der Waals surface area (Å²) < 4.78 is 0. The third-order valence-corrected chi connectivity index (χ3v) is 4.67. The molecule has 1 aliphatic heterocycles. The molecule has 0 bridgehead atoms. The van der Waals surface area contributed by atoms with Crippen LogP contribution in [0.25, 0.3) is 0 Å². The first-order valence-electron chi connectivity index (χ1n) is 7.67. The van der Waals surface area contributed by atoms with Crippen LogP contribution in [0.1, 0.15) is 45.4 Å². The van der Waals surface area contributed by atoms with Crippen molar-refractivity contribution in [3.8, 4) is 0 Å². The normalized spacial score (nSPS) is 35.9. The minimum absolute atomic E-state index is 0.211. The van der Waals surface area contributed by atoms with Crippen LogP contribution >= 0.6 is 0 Å². The molecule has 2 N–H and O–H groups in total. The minimum Gasteiger partial charge on any atom is -0.337 e. The molecule has 0 spiro atoms. The molecule has 1 aliphatic carbocycles. The summed E-state index contributed by atoms with van der Waals surface area (Å²) >= 11 is 0. The average Bonchev–Trinajstić information content (AvgIpc) is 2.74. The van der Waals surface area contributed by atoms with E-state index in [0.717, 1.165) is 45.2 Å². The van der Waals surface area contributed by atoms with Crippen LogP contribution in [-0.4, -0.2) is 54.5 Å². The van der Waals surface area contributed by atoms with Crippen LogP contribution in [0, 0.1) is 5.92 Å². The van der Waals surface area contributed by atoms with Gasteiger partial charge in [-0.2, -0.15) is 0 Å². The number of hydrogen-bond donors (Lipinski definition) is 1. The molecule has 0 aromatic rings. The standard InChI is InChI=1S/C15H29N3O/c1-12-6-4-8-15(16,10-12)14(19)18-9-5-7-13(18)11-17(2)3/h12-13H,4-11,16H2,1-3H3. The fraction of sp³-hybridized carbons (Fsp3) is 0.933. The second kappa shape index (κ2) is 5.80. The third kappa shape index (κ3) is 3.29. The number of carbonyl (C=O) groups excluding carboxylic acids is 1. The van der Waals surface area contributed by atoms with Crippen LogP contribution in [0.3, 0.4) is 0 Å². The number of carbonyl (C=O) groups is 1. The second-order valence-electron chi connectivity index (χ2n) is 6.91. The zero-order chi connectivity index (χ0) is 14.0. The molecule has 2 aliphatic rings. The maximum Gasteiger partial charge on any atom is 0.242 e. The molecule has 4 heteroatoms. The number of rotatable bonds is 3. The van der Waals surface area contributed by atoms with Crippen molar-refractivity contribution >= 4 is 5.91 Å². The van der Waals surface area contributed by atoms with Gasteiger partial charge in [0.15, 0.2) is 0 Å². The number of nitrogens with zero attached hydrogens (tertiary/aromatic N) is 2. The van der Waals surface area contributed by atoms with E-state index in [-0.39, 0.29) is 5.91 Å². The lowest BCUT2D eigenvalue weighted by molar-refractivity contribution is -0.140. The van der Waals surface area contributed by atoms with Gasteiger partial charge in [-0.1, -0.05) is 19.8 Å². The Labute approximate surface area is 117 Å². The topological polar surface area (TPSA) is 49.6 Å².